The van der Waals surface area contributed by atoms with Crippen molar-refractivity contribution in [2.45, 2.75) is 19.8 Å². The fraction of sp³-hybridized carbons (Fsp3) is 0.500. The summed E-state index contributed by atoms with van der Waals surface area (Å²) in [6.45, 7) is 8.22. The first-order chi connectivity index (χ1) is 11.0. The highest BCUT2D eigenvalue weighted by Gasteiger charge is 2.21. The number of fused-ring (bicyclic) bond motifs is 1. The summed E-state index contributed by atoms with van der Waals surface area (Å²) in [5.74, 6) is 0.741. The van der Waals surface area contributed by atoms with Crippen molar-refractivity contribution in [3.8, 4) is 0 Å². The highest BCUT2D eigenvalue weighted by Crippen LogP contribution is 2.34. The van der Waals surface area contributed by atoms with Gasteiger partial charge in [0.15, 0.2) is 11.3 Å². The molecule has 1 aliphatic rings. The van der Waals surface area contributed by atoms with E-state index >= 15 is 0 Å². The zero-order chi connectivity index (χ0) is 16.6. The SMILES string of the molecule is CC(C)c1cc(N2CCNCC2)c2oc(C(=O)N(C)C)cc2c1. The first-order valence-corrected chi connectivity index (χ1v) is 8.22. The molecule has 5 heteroatoms. The van der Waals surface area contributed by atoms with Crippen LogP contribution in [-0.4, -0.2) is 51.1 Å². The fourth-order valence-corrected chi connectivity index (χ4v) is 2.96. The third kappa shape index (κ3) is 3.06. The molecule has 1 aromatic heterocycles. The second-order valence-corrected chi connectivity index (χ2v) is 6.66. The standard InChI is InChI=1S/C18H25N3O2/c1-12(2)13-9-14-11-16(18(22)20(3)4)23-17(14)15(10-13)21-7-5-19-6-8-21/h9-12,19H,5-8H2,1-4H3. The Labute approximate surface area is 137 Å². The van der Waals surface area contributed by atoms with Crippen LogP contribution in [0.15, 0.2) is 22.6 Å². The zero-order valence-electron chi connectivity index (χ0n) is 14.3. The molecule has 0 saturated carbocycles. The Kier molecular flexibility index (Phi) is 4.31. The monoisotopic (exact) mass is 315 g/mol. The highest BCUT2D eigenvalue weighted by atomic mass is 16.3. The van der Waals surface area contributed by atoms with E-state index < -0.39 is 0 Å². The molecule has 1 N–H and O–H groups in total. The van der Waals surface area contributed by atoms with Gasteiger partial charge in [-0.05, 0) is 29.7 Å². The lowest BCUT2D eigenvalue weighted by molar-refractivity contribution is 0.0799. The van der Waals surface area contributed by atoms with Gasteiger partial charge < -0.3 is 19.5 Å². The number of hydrogen-bond donors (Lipinski definition) is 1. The number of anilines is 1. The van der Waals surface area contributed by atoms with Crippen molar-refractivity contribution < 1.29 is 9.21 Å². The van der Waals surface area contributed by atoms with E-state index in [2.05, 4.69) is 36.2 Å². The van der Waals surface area contributed by atoms with Crippen LogP contribution in [0, 0.1) is 0 Å². The van der Waals surface area contributed by atoms with Gasteiger partial charge in [-0.3, -0.25) is 4.79 Å². The number of nitrogens with zero attached hydrogens (tertiary/aromatic N) is 2. The van der Waals surface area contributed by atoms with Crippen LogP contribution in [0.25, 0.3) is 11.0 Å². The Morgan fingerprint density at radius 1 is 1.22 bits per heavy atom. The van der Waals surface area contributed by atoms with E-state index in [1.54, 1.807) is 19.0 Å². The molecule has 0 spiro atoms. The summed E-state index contributed by atoms with van der Waals surface area (Å²) < 4.78 is 5.96. The molecule has 0 radical (unpaired) electrons. The maximum Gasteiger partial charge on any atom is 0.289 e. The average Bonchev–Trinajstić information content (AvgIpc) is 2.97. The van der Waals surface area contributed by atoms with Gasteiger partial charge in [-0.15, -0.1) is 0 Å². The van der Waals surface area contributed by atoms with Crippen molar-refractivity contribution in [2.75, 3.05) is 45.2 Å². The molecule has 0 atom stereocenters. The van der Waals surface area contributed by atoms with Gasteiger partial charge in [0, 0.05) is 45.7 Å². The summed E-state index contributed by atoms with van der Waals surface area (Å²) in [5.41, 5.74) is 3.20. The number of amides is 1. The number of carbonyl (C=O) groups is 1. The number of furan rings is 1. The molecule has 3 rings (SSSR count). The number of nitrogens with one attached hydrogen (secondary N) is 1. The van der Waals surface area contributed by atoms with Crippen molar-refractivity contribution in [3.63, 3.8) is 0 Å². The minimum atomic E-state index is -0.0986. The summed E-state index contributed by atoms with van der Waals surface area (Å²) in [6.07, 6.45) is 0. The Bertz CT molecular complexity index is 712. The summed E-state index contributed by atoms with van der Waals surface area (Å²) in [6, 6.07) is 6.22. The molecular weight excluding hydrogens is 290 g/mol. The lowest BCUT2D eigenvalue weighted by atomic mass is 10.00. The molecule has 5 nitrogen and oxygen atoms in total. The van der Waals surface area contributed by atoms with Gasteiger partial charge in [0.05, 0.1) is 5.69 Å². The van der Waals surface area contributed by atoms with Crippen molar-refractivity contribution in [1.29, 1.82) is 0 Å². The van der Waals surface area contributed by atoms with E-state index in [0.29, 0.717) is 11.7 Å². The number of carbonyl (C=O) groups excluding carboxylic acids is 1. The minimum Gasteiger partial charge on any atom is -0.449 e. The lowest BCUT2D eigenvalue weighted by Gasteiger charge is -2.30. The van der Waals surface area contributed by atoms with E-state index in [0.717, 1.165) is 42.8 Å². The fourth-order valence-electron chi connectivity index (χ4n) is 2.96. The predicted molar refractivity (Wildman–Crippen MR) is 93.4 cm³/mol. The summed E-state index contributed by atoms with van der Waals surface area (Å²) in [5, 5.41) is 4.38. The zero-order valence-corrected chi connectivity index (χ0v) is 14.3. The van der Waals surface area contributed by atoms with Crippen LogP contribution >= 0.6 is 0 Å². The topological polar surface area (TPSA) is 48.7 Å². The molecule has 2 aromatic rings. The Morgan fingerprint density at radius 3 is 2.52 bits per heavy atom. The highest BCUT2D eigenvalue weighted by molar-refractivity contribution is 5.99. The molecule has 0 bridgehead atoms. The van der Waals surface area contributed by atoms with Crippen molar-refractivity contribution in [1.82, 2.24) is 10.2 Å². The normalized spacial score (nSPS) is 15.4. The number of piperazine rings is 1. The quantitative estimate of drug-likeness (QED) is 0.946. The Morgan fingerprint density at radius 2 is 1.91 bits per heavy atom. The molecule has 1 aromatic carbocycles. The maximum atomic E-state index is 12.2. The molecule has 1 fully saturated rings. The van der Waals surface area contributed by atoms with Gasteiger partial charge in [0.25, 0.3) is 5.91 Å². The van der Waals surface area contributed by atoms with E-state index in [1.165, 1.54) is 5.56 Å². The molecule has 23 heavy (non-hydrogen) atoms. The molecule has 1 saturated heterocycles. The predicted octanol–water partition coefficient (Wildman–Crippen LogP) is 2.67. The van der Waals surface area contributed by atoms with Crippen molar-refractivity contribution in [3.05, 3.63) is 29.5 Å². The minimum absolute atomic E-state index is 0.0986. The van der Waals surface area contributed by atoms with Gasteiger partial charge in [-0.25, -0.2) is 0 Å². The first-order valence-electron chi connectivity index (χ1n) is 8.22. The Balaban J connectivity index is 2.12. The van der Waals surface area contributed by atoms with Crippen molar-refractivity contribution in [2.24, 2.45) is 0 Å². The number of hydrogen-bond acceptors (Lipinski definition) is 4. The molecular formula is C18H25N3O2. The van der Waals surface area contributed by atoms with Gasteiger partial charge >= 0.3 is 0 Å². The van der Waals surface area contributed by atoms with Crippen LogP contribution in [-0.2, 0) is 0 Å². The van der Waals surface area contributed by atoms with Crippen molar-refractivity contribution >= 4 is 22.6 Å². The van der Waals surface area contributed by atoms with E-state index in [9.17, 15) is 4.79 Å². The second-order valence-electron chi connectivity index (χ2n) is 6.66. The molecule has 1 amide bonds. The largest absolute Gasteiger partial charge is 0.449 e. The Hall–Kier alpha value is -2.01. The maximum absolute atomic E-state index is 12.2. The first kappa shape index (κ1) is 15.9. The van der Waals surface area contributed by atoms with Gasteiger partial charge in [0.1, 0.15) is 0 Å². The molecule has 0 aliphatic carbocycles. The number of benzene rings is 1. The van der Waals surface area contributed by atoms with Gasteiger partial charge in [0.2, 0.25) is 0 Å². The van der Waals surface area contributed by atoms with Crippen LogP contribution in [0.3, 0.4) is 0 Å². The molecule has 124 valence electrons. The van der Waals surface area contributed by atoms with Crippen LogP contribution in [0.4, 0.5) is 5.69 Å². The van der Waals surface area contributed by atoms with Gasteiger partial charge in [-0.1, -0.05) is 13.8 Å². The van der Waals surface area contributed by atoms with E-state index in [4.69, 9.17) is 4.42 Å². The lowest BCUT2D eigenvalue weighted by Crippen LogP contribution is -2.43. The summed E-state index contributed by atoms with van der Waals surface area (Å²) in [7, 11) is 3.48. The summed E-state index contributed by atoms with van der Waals surface area (Å²) >= 11 is 0. The molecule has 0 unspecified atom stereocenters. The number of rotatable bonds is 3. The van der Waals surface area contributed by atoms with Crippen LogP contribution in [0.5, 0.6) is 0 Å². The molecule has 2 heterocycles. The third-order valence-electron chi connectivity index (χ3n) is 4.36. The summed E-state index contributed by atoms with van der Waals surface area (Å²) in [4.78, 5) is 16.1. The van der Waals surface area contributed by atoms with Crippen LogP contribution in [0.1, 0.15) is 35.9 Å². The van der Waals surface area contributed by atoms with Crippen LogP contribution in [0.2, 0.25) is 0 Å². The van der Waals surface area contributed by atoms with Crippen LogP contribution < -0.4 is 10.2 Å². The third-order valence-corrected chi connectivity index (χ3v) is 4.36. The molecule has 1 aliphatic heterocycles. The second kappa shape index (κ2) is 6.24. The smallest absolute Gasteiger partial charge is 0.289 e. The van der Waals surface area contributed by atoms with Gasteiger partial charge in [-0.2, -0.15) is 0 Å². The van der Waals surface area contributed by atoms with E-state index in [1.807, 2.05) is 6.07 Å². The van der Waals surface area contributed by atoms with E-state index in [-0.39, 0.29) is 5.91 Å². The average molecular weight is 315 g/mol.